The molecule has 2 amide bonds. The first-order valence-electron chi connectivity index (χ1n) is 13.7. The van der Waals surface area contributed by atoms with Gasteiger partial charge in [0, 0.05) is 55.8 Å². The van der Waals surface area contributed by atoms with E-state index in [9.17, 15) is 14.0 Å². The summed E-state index contributed by atoms with van der Waals surface area (Å²) in [7, 11) is 0. The average Bonchev–Trinajstić information content (AvgIpc) is 2.95. The van der Waals surface area contributed by atoms with Gasteiger partial charge >= 0.3 is 0 Å². The summed E-state index contributed by atoms with van der Waals surface area (Å²) in [5.41, 5.74) is 1.56. The normalized spacial score (nSPS) is 17.0. The molecule has 2 aromatic carbocycles. The quantitative estimate of drug-likeness (QED) is 0.363. The number of carbonyl (C=O) groups is 2. The van der Waals surface area contributed by atoms with Gasteiger partial charge < -0.3 is 19.6 Å². The summed E-state index contributed by atoms with van der Waals surface area (Å²) in [6.45, 7) is 4.68. The van der Waals surface area contributed by atoms with Gasteiger partial charge in [-0.3, -0.25) is 14.6 Å². The van der Waals surface area contributed by atoms with Crippen molar-refractivity contribution in [3.05, 3.63) is 76.6 Å². The summed E-state index contributed by atoms with van der Waals surface area (Å²) in [4.78, 5) is 34.6. The molecule has 1 aromatic heterocycles. The summed E-state index contributed by atoms with van der Waals surface area (Å²) in [5.74, 6) is -1.31. The molecule has 216 valence electrons. The van der Waals surface area contributed by atoms with Gasteiger partial charge in [-0.1, -0.05) is 31.5 Å². The molecule has 1 N–H and O–H groups in total. The number of halogens is 3. The zero-order valence-corrected chi connectivity index (χ0v) is 23.8. The van der Waals surface area contributed by atoms with Crippen molar-refractivity contribution in [2.24, 2.45) is 5.41 Å². The van der Waals surface area contributed by atoms with Crippen LogP contribution in [0.15, 0.2) is 48.7 Å². The molecule has 0 bridgehead atoms. The highest BCUT2D eigenvalue weighted by Crippen LogP contribution is 2.40. The first-order chi connectivity index (χ1) is 19.6. The lowest BCUT2D eigenvalue weighted by molar-refractivity contribution is -0.127. The van der Waals surface area contributed by atoms with E-state index in [1.165, 1.54) is 30.3 Å². The number of hydrogen-bond acceptors (Lipinski definition) is 5. The van der Waals surface area contributed by atoms with E-state index in [1.807, 2.05) is 13.8 Å². The highest BCUT2D eigenvalue weighted by molar-refractivity contribution is 6.30. The number of pyridine rings is 1. The van der Waals surface area contributed by atoms with E-state index in [0.29, 0.717) is 66.4 Å². The minimum atomic E-state index is -0.720. The third kappa shape index (κ3) is 5.92. The number of hydrogen-bond donors (Lipinski definition) is 1. The van der Waals surface area contributed by atoms with Gasteiger partial charge in [-0.2, -0.15) is 0 Å². The summed E-state index contributed by atoms with van der Waals surface area (Å²) >= 11 is 6.22. The van der Waals surface area contributed by atoms with Gasteiger partial charge in [0.05, 0.1) is 28.6 Å². The van der Waals surface area contributed by atoms with Crippen molar-refractivity contribution in [3.8, 4) is 16.9 Å². The molecule has 0 radical (unpaired) electrons. The van der Waals surface area contributed by atoms with Crippen LogP contribution >= 0.6 is 11.6 Å². The number of aliphatic hydroxyl groups excluding tert-OH is 1. The van der Waals surface area contributed by atoms with Crippen LogP contribution in [0.3, 0.4) is 0 Å². The molecule has 10 heteroatoms. The number of piperidine rings is 1. The summed E-state index contributed by atoms with van der Waals surface area (Å²) in [6.07, 6.45) is 3.56. The largest absolute Gasteiger partial charge is 0.493 e. The lowest BCUT2D eigenvalue weighted by Crippen LogP contribution is -2.55. The molecule has 3 aromatic rings. The Kier molecular flexibility index (Phi) is 8.29. The lowest BCUT2D eigenvalue weighted by Gasteiger charge is -2.45. The van der Waals surface area contributed by atoms with E-state index in [1.54, 1.807) is 28.1 Å². The van der Waals surface area contributed by atoms with Crippen LogP contribution in [-0.4, -0.2) is 59.1 Å². The van der Waals surface area contributed by atoms with E-state index >= 15 is 4.39 Å². The van der Waals surface area contributed by atoms with Crippen molar-refractivity contribution in [2.75, 3.05) is 31.2 Å². The van der Waals surface area contributed by atoms with Gasteiger partial charge in [-0.15, -0.1) is 0 Å². The van der Waals surface area contributed by atoms with E-state index in [2.05, 4.69) is 4.98 Å². The predicted molar refractivity (Wildman–Crippen MR) is 152 cm³/mol. The molecule has 41 heavy (non-hydrogen) atoms. The highest BCUT2D eigenvalue weighted by Gasteiger charge is 2.43. The topological polar surface area (TPSA) is 83.0 Å². The fourth-order valence-electron chi connectivity index (χ4n) is 5.55. The van der Waals surface area contributed by atoms with E-state index < -0.39 is 23.0 Å². The summed E-state index contributed by atoms with van der Waals surface area (Å²) < 4.78 is 35.0. The Bertz CT molecular complexity index is 1470. The number of anilines is 1. The number of aromatic nitrogens is 1. The summed E-state index contributed by atoms with van der Waals surface area (Å²) in [6, 6.07) is 9.76. The molecule has 5 rings (SSSR count). The number of benzene rings is 2. The molecule has 0 aliphatic carbocycles. The average molecular weight is 584 g/mol. The Labute approximate surface area is 242 Å². The zero-order valence-electron chi connectivity index (χ0n) is 23.0. The smallest absolute Gasteiger partial charge is 0.256 e. The summed E-state index contributed by atoms with van der Waals surface area (Å²) in [5, 5.41) is 9.47. The molecule has 7 nitrogen and oxygen atoms in total. The first kappa shape index (κ1) is 29.0. The second kappa shape index (κ2) is 11.7. The van der Waals surface area contributed by atoms with Crippen LogP contribution in [0.5, 0.6) is 5.75 Å². The fourth-order valence-corrected chi connectivity index (χ4v) is 5.70. The molecule has 0 atom stereocenters. The first-order valence-corrected chi connectivity index (χ1v) is 14.1. The van der Waals surface area contributed by atoms with Crippen LogP contribution in [0.4, 0.5) is 14.5 Å². The molecule has 0 saturated carbocycles. The maximum absolute atomic E-state index is 15.3. The number of aliphatic hydroxyl groups is 1. The Morgan fingerprint density at radius 3 is 2.61 bits per heavy atom. The number of amides is 2. The molecule has 2 aliphatic rings. The number of nitrogens with zero attached hydrogens (tertiary/aromatic N) is 3. The third-order valence-corrected chi connectivity index (χ3v) is 7.92. The minimum Gasteiger partial charge on any atom is -0.493 e. The number of fused-ring (bicyclic) bond motifs is 1. The minimum absolute atomic E-state index is 0.00228. The third-order valence-electron chi connectivity index (χ3n) is 7.71. The fraction of sp³-hybridized carbons (Fsp3) is 0.387. The number of rotatable bonds is 7. The van der Waals surface area contributed by atoms with Gasteiger partial charge in [-0.25, -0.2) is 8.78 Å². The van der Waals surface area contributed by atoms with Crippen molar-refractivity contribution in [1.82, 2.24) is 9.88 Å². The van der Waals surface area contributed by atoms with Crippen molar-refractivity contribution in [3.63, 3.8) is 0 Å². The Morgan fingerprint density at radius 1 is 1.15 bits per heavy atom. The van der Waals surface area contributed by atoms with Crippen molar-refractivity contribution in [2.45, 2.75) is 45.6 Å². The number of likely N-dealkylation sites (tertiary alicyclic amines) is 1. The van der Waals surface area contributed by atoms with Crippen LogP contribution in [0.2, 0.25) is 5.02 Å². The van der Waals surface area contributed by atoms with E-state index in [4.69, 9.17) is 21.4 Å². The Balaban J connectivity index is 1.31. The predicted octanol–water partition coefficient (Wildman–Crippen LogP) is 5.66. The molecule has 0 unspecified atom stereocenters. The van der Waals surface area contributed by atoms with Crippen LogP contribution in [0.25, 0.3) is 11.1 Å². The lowest BCUT2D eigenvalue weighted by atomic mass is 9.81. The van der Waals surface area contributed by atoms with Gasteiger partial charge in [0.15, 0.2) is 0 Å². The van der Waals surface area contributed by atoms with Gasteiger partial charge in [0.25, 0.3) is 5.91 Å². The maximum Gasteiger partial charge on any atom is 0.256 e. The second-order valence-electron chi connectivity index (χ2n) is 11.1. The van der Waals surface area contributed by atoms with E-state index in [0.717, 1.165) is 5.69 Å². The maximum atomic E-state index is 15.3. The van der Waals surface area contributed by atoms with Crippen LogP contribution in [0, 0.1) is 17.0 Å². The molecule has 3 heterocycles. The Hall–Kier alpha value is -3.56. The standard InChI is InChI=1S/C31H32ClF2N3O4/c1-31(2)17-26-27(15-20(32)18-35-26)37(30(31)40)22-8-10-36(11-9-22)29(39)23-6-4-19(14-25(23)34)24-16-21(33)5-7-28(24)41-13-3-12-38/h4-7,14-16,18,22,38H,3,8-13,17H2,1-2H3. The van der Waals surface area contributed by atoms with Gasteiger partial charge in [-0.05, 0) is 54.8 Å². The monoisotopic (exact) mass is 583 g/mol. The highest BCUT2D eigenvalue weighted by atomic mass is 35.5. The number of carbonyl (C=O) groups excluding carboxylic acids is 2. The Morgan fingerprint density at radius 2 is 1.90 bits per heavy atom. The SMILES string of the molecule is CC1(C)Cc2ncc(Cl)cc2N(C2CCN(C(=O)c3ccc(-c4cc(F)ccc4OCCCO)cc3F)CC2)C1=O. The molecule has 0 spiro atoms. The molecular formula is C31H32ClF2N3O4. The zero-order chi connectivity index (χ0) is 29.3. The second-order valence-corrected chi connectivity index (χ2v) is 11.6. The van der Waals surface area contributed by atoms with Gasteiger partial charge in [0.1, 0.15) is 17.4 Å². The van der Waals surface area contributed by atoms with Crippen molar-refractivity contribution >= 4 is 29.1 Å². The molecule has 2 aliphatic heterocycles. The van der Waals surface area contributed by atoms with Gasteiger partial charge in [0.2, 0.25) is 5.91 Å². The van der Waals surface area contributed by atoms with Crippen LogP contribution in [0.1, 0.15) is 49.2 Å². The molecular weight excluding hydrogens is 552 g/mol. The molecule has 1 fully saturated rings. The van der Waals surface area contributed by atoms with Crippen molar-refractivity contribution < 1.29 is 28.2 Å². The molecule has 1 saturated heterocycles. The van der Waals surface area contributed by atoms with Crippen LogP contribution < -0.4 is 9.64 Å². The number of ether oxygens (including phenoxy) is 1. The van der Waals surface area contributed by atoms with Crippen molar-refractivity contribution in [1.29, 1.82) is 0 Å². The van der Waals surface area contributed by atoms with E-state index in [-0.39, 0.29) is 30.7 Å². The van der Waals surface area contributed by atoms with Crippen LogP contribution in [-0.2, 0) is 11.2 Å².